The Bertz CT molecular complexity index is 977. The lowest BCUT2D eigenvalue weighted by molar-refractivity contribution is 0.0935. The molecule has 0 fully saturated rings. The Balaban J connectivity index is 1.70. The van der Waals surface area contributed by atoms with E-state index in [4.69, 9.17) is 9.56 Å². The molecule has 1 unspecified atom stereocenters. The van der Waals surface area contributed by atoms with Crippen LogP contribution in [0.1, 0.15) is 29.0 Å². The topological polar surface area (TPSA) is 115 Å². The number of thiazole rings is 1. The summed E-state index contributed by atoms with van der Waals surface area (Å²) in [6.45, 7) is 1.80. The molecule has 2 heterocycles. The Hall–Kier alpha value is -2.49. The highest BCUT2D eigenvalue weighted by Crippen LogP contribution is 2.24. The van der Waals surface area contributed by atoms with Gasteiger partial charge < -0.3 is 9.73 Å². The summed E-state index contributed by atoms with van der Waals surface area (Å²) < 4.78 is 27.8. The minimum Gasteiger partial charge on any atom is -0.462 e. The van der Waals surface area contributed by atoms with Gasteiger partial charge in [-0.15, -0.1) is 11.3 Å². The van der Waals surface area contributed by atoms with Crippen LogP contribution in [0.2, 0.25) is 0 Å². The zero-order valence-corrected chi connectivity index (χ0v) is 14.8. The quantitative estimate of drug-likeness (QED) is 0.709. The molecule has 1 amide bonds. The molecular formula is C16H15N3O4S2. The first kappa shape index (κ1) is 17.3. The molecule has 3 N–H and O–H groups in total. The van der Waals surface area contributed by atoms with Crippen LogP contribution < -0.4 is 10.5 Å². The molecule has 1 atom stereocenters. The molecule has 1 aromatic carbocycles. The lowest BCUT2D eigenvalue weighted by atomic mass is 10.1. The number of nitrogens with zero attached hydrogens (tertiary/aromatic N) is 1. The van der Waals surface area contributed by atoms with Crippen LogP contribution in [-0.2, 0) is 10.0 Å². The fourth-order valence-corrected chi connectivity index (χ4v) is 3.47. The zero-order valence-electron chi connectivity index (χ0n) is 13.2. The van der Waals surface area contributed by atoms with E-state index < -0.39 is 10.0 Å². The van der Waals surface area contributed by atoms with E-state index in [0.717, 1.165) is 5.56 Å². The maximum Gasteiger partial charge on any atom is 0.271 e. The predicted molar refractivity (Wildman–Crippen MR) is 93.5 cm³/mol. The maximum absolute atomic E-state index is 12.3. The Kier molecular flexibility index (Phi) is 4.71. The zero-order chi connectivity index (χ0) is 18.0. The molecule has 2 aromatic heterocycles. The summed E-state index contributed by atoms with van der Waals surface area (Å²) in [5.74, 6) is 0.285. The average Bonchev–Trinajstić information content (AvgIpc) is 3.25. The van der Waals surface area contributed by atoms with E-state index in [1.807, 2.05) is 0 Å². The molecule has 3 rings (SSSR count). The van der Waals surface area contributed by atoms with E-state index in [1.54, 1.807) is 42.8 Å². The minimum atomic E-state index is -3.73. The number of aromatic nitrogens is 1. The summed E-state index contributed by atoms with van der Waals surface area (Å²) in [4.78, 5) is 16.6. The number of amides is 1. The normalized spacial score (nSPS) is 12.7. The van der Waals surface area contributed by atoms with Gasteiger partial charge in [0.15, 0.2) is 10.8 Å². The summed E-state index contributed by atoms with van der Waals surface area (Å²) in [5.41, 5.74) is 1.05. The Morgan fingerprint density at radius 1 is 1.28 bits per heavy atom. The number of carbonyl (C=O) groups is 1. The molecule has 0 aliphatic carbocycles. The number of nitrogens with two attached hydrogens (primary N) is 1. The van der Waals surface area contributed by atoms with Crippen molar-refractivity contribution >= 4 is 27.3 Å². The fraction of sp³-hybridized carbons (Fsp3) is 0.125. The second-order valence-corrected chi connectivity index (χ2v) is 7.74. The summed E-state index contributed by atoms with van der Waals surface area (Å²) in [7, 11) is -3.73. The van der Waals surface area contributed by atoms with Crippen molar-refractivity contribution in [3.8, 4) is 10.8 Å². The van der Waals surface area contributed by atoms with E-state index in [1.165, 1.54) is 23.5 Å². The number of hydrogen-bond donors (Lipinski definition) is 2. The molecule has 0 spiro atoms. The van der Waals surface area contributed by atoms with Crippen LogP contribution in [0.15, 0.2) is 57.4 Å². The van der Waals surface area contributed by atoms with Gasteiger partial charge in [-0.3, -0.25) is 4.79 Å². The van der Waals surface area contributed by atoms with Gasteiger partial charge in [-0.2, -0.15) is 0 Å². The highest BCUT2D eigenvalue weighted by atomic mass is 32.2. The fourth-order valence-electron chi connectivity index (χ4n) is 2.19. The predicted octanol–water partition coefficient (Wildman–Crippen LogP) is 2.54. The van der Waals surface area contributed by atoms with Crippen molar-refractivity contribution in [1.29, 1.82) is 0 Å². The molecule has 0 saturated carbocycles. The molecule has 0 aliphatic heterocycles. The van der Waals surface area contributed by atoms with Crippen molar-refractivity contribution < 1.29 is 17.6 Å². The van der Waals surface area contributed by atoms with Crippen molar-refractivity contribution in [2.24, 2.45) is 5.14 Å². The third-order valence-electron chi connectivity index (χ3n) is 3.53. The van der Waals surface area contributed by atoms with Crippen molar-refractivity contribution in [1.82, 2.24) is 10.3 Å². The summed E-state index contributed by atoms with van der Waals surface area (Å²) >= 11 is 1.32. The lowest BCUT2D eigenvalue weighted by Gasteiger charge is -2.13. The van der Waals surface area contributed by atoms with Gasteiger partial charge in [-0.1, -0.05) is 12.1 Å². The summed E-state index contributed by atoms with van der Waals surface area (Å²) in [6, 6.07) is 9.24. The first-order valence-corrected chi connectivity index (χ1v) is 9.70. The number of hydrogen-bond acceptors (Lipinski definition) is 6. The van der Waals surface area contributed by atoms with Crippen molar-refractivity contribution in [2.75, 3.05) is 0 Å². The molecule has 7 nitrogen and oxygen atoms in total. The molecular weight excluding hydrogens is 362 g/mol. The van der Waals surface area contributed by atoms with E-state index >= 15 is 0 Å². The highest BCUT2D eigenvalue weighted by Gasteiger charge is 2.16. The molecule has 25 heavy (non-hydrogen) atoms. The second-order valence-electron chi connectivity index (χ2n) is 5.32. The van der Waals surface area contributed by atoms with Crippen LogP contribution >= 0.6 is 11.3 Å². The van der Waals surface area contributed by atoms with Gasteiger partial charge >= 0.3 is 0 Å². The first-order chi connectivity index (χ1) is 11.8. The van der Waals surface area contributed by atoms with Crippen molar-refractivity contribution in [3.05, 3.63) is 59.3 Å². The highest BCUT2D eigenvalue weighted by molar-refractivity contribution is 7.89. The van der Waals surface area contributed by atoms with Gasteiger partial charge in [0, 0.05) is 5.38 Å². The summed E-state index contributed by atoms with van der Waals surface area (Å²) in [5, 5.41) is 10.2. The van der Waals surface area contributed by atoms with Crippen molar-refractivity contribution in [3.63, 3.8) is 0 Å². The average molecular weight is 377 g/mol. The van der Waals surface area contributed by atoms with E-state index in [9.17, 15) is 13.2 Å². The molecule has 130 valence electrons. The van der Waals surface area contributed by atoms with Crippen LogP contribution in [0.5, 0.6) is 0 Å². The Morgan fingerprint density at radius 2 is 2.00 bits per heavy atom. The van der Waals surface area contributed by atoms with Gasteiger partial charge in [-0.05, 0) is 36.8 Å². The number of primary sulfonamides is 1. The number of furan rings is 1. The monoisotopic (exact) mass is 377 g/mol. The number of benzene rings is 1. The maximum atomic E-state index is 12.3. The van der Waals surface area contributed by atoms with Gasteiger partial charge in [0.25, 0.3) is 5.91 Å². The number of rotatable bonds is 5. The number of carbonyl (C=O) groups excluding carboxylic acids is 1. The molecule has 0 saturated heterocycles. The Labute approximate surface area is 148 Å². The Morgan fingerprint density at radius 3 is 2.60 bits per heavy atom. The van der Waals surface area contributed by atoms with Gasteiger partial charge in [-0.25, -0.2) is 18.5 Å². The van der Waals surface area contributed by atoms with Crippen LogP contribution in [0.25, 0.3) is 10.8 Å². The molecule has 0 bridgehead atoms. The molecule has 0 radical (unpaired) electrons. The third-order valence-corrected chi connectivity index (χ3v) is 5.31. The van der Waals surface area contributed by atoms with Crippen LogP contribution in [-0.4, -0.2) is 19.3 Å². The van der Waals surface area contributed by atoms with E-state index in [-0.39, 0.29) is 16.8 Å². The minimum absolute atomic E-state index is 0.0253. The largest absolute Gasteiger partial charge is 0.462 e. The lowest BCUT2D eigenvalue weighted by Crippen LogP contribution is -2.27. The van der Waals surface area contributed by atoms with E-state index in [2.05, 4.69) is 10.3 Å². The van der Waals surface area contributed by atoms with Crippen LogP contribution in [0.3, 0.4) is 0 Å². The standard InChI is InChI=1S/C16H15N3O4S2/c1-10(11-4-6-12(7-5-11)25(17,21)22)18-15(20)13-9-24-16(19-13)14-3-2-8-23-14/h2-10H,1H3,(H,18,20)(H2,17,21,22). The SMILES string of the molecule is CC(NC(=O)c1csc(-c2ccco2)n1)c1ccc(S(N)(=O)=O)cc1. The molecule has 9 heteroatoms. The van der Waals surface area contributed by atoms with Crippen molar-refractivity contribution in [2.45, 2.75) is 17.9 Å². The number of sulfonamides is 1. The summed E-state index contributed by atoms with van der Waals surface area (Å²) in [6.07, 6.45) is 1.55. The van der Waals surface area contributed by atoms with Crippen LogP contribution in [0.4, 0.5) is 0 Å². The molecule has 0 aliphatic rings. The smallest absolute Gasteiger partial charge is 0.271 e. The first-order valence-electron chi connectivity index (χ1n) is 7.27. The van der Waals surface area contributed by atoms with E-state index in [0.29, 0.717) is 16.5 Å². The number of nitrogens with one attached hydrogen (secondary N) is 1. The van der Waals surface area contributed by atoms with Gasteiger partial charge in [0.2, 0.25) is 10.0 Å². The molecule has 3 aromatic rings. The van der Waals surface area contributed by atoms with Gasteiger partial charge in [0.1, 0.15) is 5.69 Å². The van der Waals surface area contributed by atoms with Crippen LogP contribution in [0, 0.1) is 0 Å². The second kappa shape index (κ2) is 6.79. The van der Waals surface area contributed by atoms with Gasteiger partial charge in [0.05, 0.1) is 17.2 Å². The third kappa shape index (κ3) is 3.95.